The van der Waals surface area contributed by atoms with Crippen LogP contribution in [-0.4, -0.2) is 83.9 Å². The van der Waals surface area contributed by atoms with Crippen LogP contribution in [0.1, 0.15) is 56.5 Å². The summed E-state index contributed by atoms with van der Waals surface area (Å²) in [6.45, 7) is 6.38. The van der Waals surface area contributed by atoms with Gasteiger partial charge in [-0.2, -0.15) is 18.4 Å². The number of aryl methyl sites for hydroxylation is 1. The van der Waals surface area contributed by atoms with Crippen molar-refractivity contribution in [1.82, 2.24) is 19.4 Å². The molecule has 2 saturated heterocycles. The Morgan fingerprint density at radius 2 is 1.89 bits per heavy atom. The van der Waals surface area contributed by atoms with Crippen molar-refractivity contribution in [2.24, 2.45) is 5.92 Å². The number of methoxy groups -OCH3 is 1. The number of ether oxygens (including phenoxy) is 1. The van der Waals surface area contributed by atoms with Gasteiger partial charge in [-0.25, -0.2) is 0 Å². The number of piperidine rings is 1. The number of pyridine rings is 1. The van der Waals surface area contributed by atoms with Gasteiger partial charge in [-0.1, -0.05) is 12.0 Å². The molecule has 1 N–H and O–H groups in total. The maximum absolute atomic E-state index is 13.6. The Bertz CT molecular complexity index is 1640. The van der Waals surface area contributed by atoms with Crippen LogP contribution in [0.5, 0.6) is 0 Å². The smallest absolute Gasteiger partial charge is 0.380 e. The van der Waals surface area contributed by atoms with Gasteiger partial charge in [0.25, 0.3) is 0 Å². The van der Waals surface area contributed by atoms with Gasteiger partial charge in [-0.05, 0) is 93.7 Å². The minimum Gasteiger partial charge on any atom is -0.380 e. The second kappa shape index (κ2) is 14.8. The summed E-state index contributed by atoms with van der Waals surface area (Å²) in [4.78, 5) is 21.3. The number of hydrogen-bond donors (Lipinski definition) is 1. The van der Waals surface area contributed by atoms with E-state index in [0.717, 1.165) is 69.2 Å². The number of aromatic nitrogens is 2. The highest BCUT2D eigenvalue weighted by Gasteiger charge is 2.30. The van der Waals surface area contributed by atoms with Gasteiger partial charge >= 0.3 is 6.18 Å². The monoisotopic (exact) mass is 648 g/mol. The molecule has 4 heterocycles. The van der Waals surface area contributed by atoms with Crippen LogP contribution in [-0.2, 0) is 27.9 Å². The number of nitrogens with one attached hydrogen (secondary N) is 1. The van der Waals surface area contributed by atoms with Crippen LogP contribution >= 0.6 is 0 Å². The van der Waals surface area contributed by atoms with Crippen LogP contribution in [0.3, 0.4) is 0 Å². The zero-order chi connectivity index (χ0) is 33.6. The lowest BCUT2D eigenvalue weighted by atomic mass is 9.90. The van der Waals surface area contributed by atoms with Crippen molar-refractivity contribution in [1.29, 1.82) is 5.26 Å². The number of halogens is 3. The molecule has 8 nitrogen and oxygen atoms in total. The zero-order valence-corrected chi connectivity index (χ0v) is 27.4. The molecular formula is C36H43F3N6O2. The van der Waals surface area contributed by atoms with E-state index in [9.17, 15) is 23.2 Å². The average Bonchev–Trinajstić information content (AvgIpc) is 3.65. The van der Waals surface area contributed by atoms with Gasteiger partial charge in [-0.15, -0.1) is 0 Å². The lowest BCUT2D eigenvalue weighted by Crippen LogP contribution is -2.44. The van der Waals surface area contributed by atoms with Gasteiger partial charge in [-0.3, -0.25) is 14.7 Å². The van der Waals surface area contributed by atoms with Crippen LogP contribution in [0, 0.1) is 29.1 Å². The maximum Gasteiger partial charge on any atom is 0.406 e. The van der Waals surface area contributed by atoms with E-state index in [0.29, 0.717) is 35.1 Å². The number of hydrogen-bond acceptors (Lipinski definition) is 6. The summed E-state index contributed by atoms with van der Waals surface area (Å²) in [7, 11) is 1.72. The Morgan fingerprint density at radius 3 is 2.55 bits per heavy atom. The predicted molar refractivity (Wildman–Crippen MR) is 176 cm³/mol. The number of carbonyl (C=O) groups is 1. The molecule has 2 fully saturated rings. The van der Waals surface area contributed by atoms with Crippen LogP contribution in [0.25, 0.3) is 10.9 Å². The number of anilines is 1. The molecule has 47 heavy (non-hydrogen) atoms. The first-order valence-electron chi connectivity index (χ1n) is 16.3. The lowest BCUT2D eigenvalue weighted by Gasteiger charge is -2.33. The lowest BCUT2D eigenvalue weighted by molar-refractivity contribution is -0.140. The summed E-state index contributed by atoms with van der Waals surface area (Å²) >= 11 is 0. The van der Waals surface area contributed by atoms with Crippen molar-refractivity contribution in [3.63, 3.8) is 0 Å². The molecule has 250 valence electrons. The third kappa shape index (κ3) is 9.06. The van der Waals surface area contributed by atoms with Gasteiger partial charge in [0.1, 0.15) is 6.54 Å². The number of benzene rings is 1. The van der Waals surface area contributed by atoms with Gasteiger partial charge < -0.3 is 19.5 Å². The fourth-order valence-electron chi connectivity index (χ4n) is 6.40. The molecule has 1 amide bonds. The standard InChI is InChI=1S/C36H43F3N6O2/c1-35(2,24-40)33-11-9-29(21-42-33)41-15-4-5-30-20-28-19-27(8-10-32(28)45(30)25-36(37,38)39)7-6-26-12-17-44(18-13-26)34(46)23-43-16-14-31(22-43)47-3/h8-11,19-21,26,31,41H,6-7,12-18,22-23,25H2,1-3H3. The molecule has 11 heteroatoms. The first kappa shape index (κ1) is 34.3. The van der Waals surface area contributed by atoms with Crippen LogP contribution < -0.4 is 5.32 Å². The first-order valence-corrected chi connectivity index (χ1v) is 16.3. The van der Waals surface area contributed by atoms with Crippen molar-refractivity contribution in [3.05, 3.63) is 59.5 Å². The average molecular weight is 649 g/mol. The molecule has 0 bridgehead atoms. The van der Waals surface area contributed by atoms with Crippen molar-refractivity contribution in [3.8, 4) is 17.9 Å². The van der Waals surface area contributed by atoms with E-state index in [4.69, 9.17) is 4.74 Å². The molecule has 1 atom stereocenters. The summed E-state index contributed by atoms with van der Waals surface area (Å²) in [5.74, 6) is 6.57. The molecule has 0 aliphatic carbocycles. The zero-order valence-electron chi connectivity index (χ0n) is 27.4. The van der Waals surface area contributed by atoms with E-state index >= 15 is 0 Å². The highest BCUT2D eigenvalue weighted by atomic mass is 19.4. The topological polar surface area (TPSA) is 86.4 Å². The fraction of sp³-hybridized carbons (Fsp3) is 0.528. The van der Waals surface area contributed by atoms with E-state index in [1.807, 2.05) is 17.0 Å². The molecule has 0 spiro atoms. The fourth-order valence-corrected chi connectivity index (χ4v) is 6.40. The van der Waals surface area contributed by atoms with Gasteiger partial charge in [0.2, 0.25) is 5.91 Å². The third-order valence-electron chi connectivity index (χ3n) is 9.31. The summed E-state index contributed by atoms with van der Waals surface area (Å²) in [6, 6.07) is 13.2. The highest BCUT2D eigenvalue weighted by Crippen LogP contribution is 2.28. The van der Waals surface area contributed by atoms with E-state index in [-0.39, 0.29) is 18.6 Å². The third-order valence-corrected chi connectivity index (χ3v) is 9.31. The van der Waals surface area contributed by atoms with E-state index in [2.05, 4.69) is 33.1 Å². The number of nitriles is 1. The summed E-state index contributed by atoms with van der Waals surface area (Å²) in [5, 5.41) is 13.2. The molecule has 1 unspecified atom stereocenters. The number of amides is 1. The van der Waals surface area contributed by atoms with Crippen molar-refractivity contribution in [2.75, 3.05) is 51.7 Å². The van der Waals surface area contributed by atoms with Crippen molar-refractivity contribution < 1.29 is 22.7 Å². The SMILES string of the molecule is COC1CCN(CC(=O)N2CCC(CCc3ccc4c(c3)cc(C#CCNc3ccc(C(C)(C)C#N)nc3)n4CC(F)(F)F)CC2)C1. The second-order valence-electron chi connectivity index (χ2n) is 13.2. The van der Waals surface area contributed by atoms with Gasteiger partial charge in [0, 0.05) is 44.2 Å². The normalized spacial score (nSPS) is 17.8. The highest BCUT2D eigenvalue weighted by molar-refractivity contribution is 5.83. The number of fused-ring (bicyclic) bond motifs is 1. The molecule has 3 aromatic rings. The number of alkyl halides is 3. The Balaban J connectivity index is 1.17. The second-order valence-corrected chi connectivity index (χ2v) is 13.2. The minimum absolute atomic E-state index is 0.190. The Labute approximate surface area is 274 Å². The van der Waals surface area contributed by atoms with Crippen LogP contribution in [0.15, 0.2) is 42.6 Å². The Hall–Kier alpha value is -4.06. The van der Waals surface area contributed by atoms with Crippen LogP contribution in [0.2, 0.25) is 0 Å². The molecule has 2 aliphatic rings. The van der Waals surface area contributed by atoms with Crippen molar-refractivity contribution >= 4 is 22.5 Å². The number of carbonyl (C=O) groups excluding carboxylic acids is 1. The van der Waals surface area contributed by atoms with E-state index in [1.54, 1.807) is 51.4 Å². The van der Waals surface area contributed by atoms with Gasteiger partial charge in [0.15, 0.2) is 0 Å². The molecule has 5 rings (SSSR count). The minimum atomic E-state index is -4.39. The predicted octanol–water partition coefficient (Wildman–Crippen LogP) is 5.76. The molecular weight excluding hydrogens is 605 g/mol. The van der Waals surface area contributed by atoms with Gasteiger partial charge in [0.05, 0.1) is 53.9 Å². The number of likely N-dealkylation sites (tertiary alicyclic amines) is 2. The quantitative estimate of drug-likeness (QED) is 0.282. The first-order chi connectivity index (χ1) is 22.4. The summed E-state index contributed by atoms with van der Waals surface area (Å²) in [6.07, 6.45) is 2.14. The summed E-state index contributed by atoms with van der Waals surface area (Å²) in [5.41, 5.74) is 2.55. The largest absolute Gasteiger partial charge is 0.406 e. The Morgan fingerprint density at radius 1 is 1.11 bits per heavy atom. The molecule has 2 aliphatic heterocycles. The van der Waals surface area contributed by atoms with Crippen LogP contribution in [0.4, 0.5) is 18.9 Å². The molecule has 1 aromatic carbocycles. The maximum atomic E-state index is 13.6. The number of nitrogens with zero attached hydrogens (tertiary/aromatic N) is 5. The van der Waals surface area contributed by atoms with E-state index < -0.39 is 18.1 Å². The van der Waals surface area contributed by atoms with Crippen molar-refractivity contribution in [2.45, 2.75) is 70.2 Å². The van der Waals surface area contributed by atoms with E-state index in [1.165, 1.54) is 4.57 Å². The molecule has 2 aromatic heterocycles. The molecule has 0 radical (unpaired) electrons. The Kier molecular flexibility index (Phi) is 10.8. The molecule has 0 saturated carbocycles. The number of rotatable bonds is 10. The summed E-state index contributed by atoms with van der Waals surface area (Å²) < 4.78 is 47.3.